The van der Waals surface area contributed by atoms with Gasteiger partial charge in [0.2, 0.25) is 0 Å². The SMILES string of the molecule is CC/C=C\CCC(/C=C\CC)C(=O)O. The Bertz CT molecular complexity index is 204. The number of allylic oxidation sites excluding steroid dienone is 3. The molecule has 0 spiro atoms. The zero-order valence-corrected chi connectivity index (χ0v) is 9.07. The fraction of sp³-hybridized carbons (Fsp3) is 0.583. The maximum atomic E-state index is 10.8. The van der Waals surface area contributed by atoms with Gasteiger partial charge in [-0.1, -0.05) is 38.2 Å². The Morgan fingerprint density at radius 3 is 2.36 bits per heavy atom. The van der Waals surface area contributed by atoms with Crippen molar-refractivity contribution in [1.29, 1.82) is 0 Å². The van der Waals surface area contributed by atoms with Crippen molar-refractivity contribution in [3.8, 4) is 0 Å². The lowest BCUT2D eigenvalue weighted by Gasteiger charge is -2.04. The molecule has 0 aromatic carbocycles. The highest BCUT2D eigenvalue weighted by Crippen LogP contribution is 2.10. The largest absolute Gasteiger partial charge is 0.481 e. The van der Waals surface area contributed by atoms with Crippen molar-refractivity contribution < 1.29 is 9.90 Å². The molecule has 80 valence electrons. The molecule has 0 rings (SSSR count). The van der Waals surface area contributed by atoms with E-state index < -0.39 is 5.97 Å². The van der Waals surface area contributed by atoms with Crippen molar-refractivity contribution in [3.63, 3.8) is 0 Å². The third kappa shape index (κ3) is 6.46. The minimum atomic E-state index is -0.723. The first kappa shape index (κ1) is 12.9. The monoisotopic (exact) mass is 196 g/mol. The lowest BCUT2D eigenvalue weighted by Crippen LogP contribution is -2.10. The smallest absolute Gasteiger partial charge is 0.310 e. The second-order valence-corrected chi connectivity index (χ2v) is 3.24. The molecule has 1 unspecified atom stereocenters. The average Bonchev–Trinajstić information content (AvgIpc) is 2.16. The lowest BCUT2D eigenvalue weighted by molar-refractivity contribution is -0.140. The summed E-state index contributed by atoms with van der Waals surface area (Å²) >= 11 is 0. The molecule has 0 aliphatic rings. The van der Waals surface area contributed by atoms with Crippen LogP contribution in [0.2, 0.25) is 0 Å². The van der Waals surface area contributed by atoms with E-state index >= 15 is 0 Å². The summed E-state index contributed by atoms with van der Waals surface area (Å²) in [5.41, 5.74) is 0. The molecule has 0 saturated carbocycles. The molecule has 0 radical (unpaired) electrons. The molecule has 0 heterocycles. The zero-order chi connectivity index (χ0) is 10.8. The van der Waals surface area contributed by atoms with E-state index in [1.54, 1.807) is 6.08 Å². The summed E-state index contributed by atoms with van der Waals surface area (Å²) in [6, 6.07) is 0. The molecule has 0 fully saturated rings. The molecule has 14 heavy (non-hydrogen) atoms. The van der Waals surface area contributed by atoms with E-state index in [1.807, 2.05) is 13.0 Å². The Balaban J connectivity index is 3.91. The zero-order valence-electron chi connectivity index (χ0n) is 9.07. The van der Waals surface area contributed by atoms with Gasteiger partial charge >= 0.3 is 5.97 Å². The fourth-order valence-electron chi connectivity index (χ4n) is 1.16. The van der Waals surface area contributed by atoms with Crippen molar-refractivity contribution in [2.24, 2.45) is 5.92 Å². The molecule has 1 N–H and O–H groups in total. The van der Waals surface area contributed by atoms with Gasteiger partial charge in [0.25, 0.3) is 0 Å². The number of carboxylic acids is 1. The van der Waals surface area contributed by atoms with Gasteiger partial charge in [-0.25, -0.2) is 0 Å². The molecule has 0 saturated heterocycles. The number of carbonyl (C=O) groups is 1. The Morgan fingerprint density at radius 2 is 1.86 bits per heavy atom. The lowest BCUT2D eigenvalue weighted by atomic mass is 10.0. The van der Waals surface area contributed by atoms with Crippen LogP contribution in [0.15, 0.2) is 24.3 Å². The van der Waals surface area contributed by atoms with E-state index in [0.717, 1.165) is 19.3 Å². The third-order valence-electron chi connectivity index (χ3n) is 1.97. The van der Waals surface area contributed by atoms with E-state index in [9.17, 15) is 4.79 Å². The predicted octanol–water partition coefficient (Wildman–Crippen LogP) is 3.40. The average molecular weight is 196 g/mol. The van der Waals surface area contributed by atoms with Crippen LogP contribution in [0.4, 0.5) is 0 Å². The summed E-state index contributed by atoms with van der Waals surface area (Å²) in [6.45, 7) is 4.08. The number of aliphatic carboxylic acids is 1. The minimum Gasteiger partial charge on any atom is -0.481 e. The summed E-state index contributed by atoms with van der Waals surface area (Å²) in [7, 11) is 0. The van der Waals surface area contributed by atoms with E-state index in [4.69, 9.17) is 5.11 Å². The van der Waals surface area contributed by atoms with E-state index in [0.29, 0.717) is 6.42 Å². The van der Waals surface area contributed by atoms with Crippen molar-refractivity contribution in [3.05, 3.63) is 24.3 Å². The number of hydrogen-bond donors (Lipinski definition) is 1. The van der Waals surface area contributed by atoms with Gasteiger partial charge < -0.3 is 5.11 Å². The van der Waals surface area contributed by atoms with Crippen molar-refractivity contribution >= 4 is 5.97 Å². The molecule has 2 nitrogen and oxygen atoms in total. The normalized spacial score (nSPS) is 13.9. The summed E-state index contributed by atoms with van der Waals surface area (Å²) in [5.74, 6) is -1.05. The van der Waals surface area contributed by atoms with Crippen molar-refractivity contribution in [2.45, 2.75) is 39.5 Å². The molecule has 0 amide bonds. The summed E-state index contributed by atoms with van der Waals surface area (Å²) < 4.78 is 0. The highest BCUT2D eigenvalue weighted by Gasteiger charge is 2.11. The van der Waals surface area contributed by atoms with Gasteiger partial charge in [-0.05, 0) is 25.7 Å². The van der Waals surface area contributed by atoms with Crippen LogP contribution in [-0.4, -0.2) is 11.1 Å². The van der Waals surface area contributed by atoms with Crippen LogP contribution in [0.1, 0.15) is 39.5 Å². The van der Waals surface area contributed by atoms with Crippen LogP contribution in [0.25, 0.3) is 0 Å². The Labute approximate surface area is 86.3 Å². The van der Waals surface area contributed by atoms with Crippen molar-refractivity contribution in [1.82, 2.24) is 0 Å². The van der Waals surface area contributed by atoms with Gasteiger partial charge in [0.1, 0.15) is 0 Å². The summed E-state index contributed by atoms with van der Waals surface area (Å²) in [5, 5.41) is 8.88. The standard InChI is InChI=1S/C12H20O2/c1-3-5-7-8-10-11(12(13)14)9-6-4-2/h5-7,9,11H,3-4,8,10H2,1-2H3,(H,13,14)/b7-5-,9-6-. The van der Waals surface area contributed by atoms with Crippen LogP contribution in [-0.2, 0) is 4.79 Å². The predicted molar refractivity (Wildman–Crippen MR) is 59.2 cm³/mol. The molecule has 1 atom stereocenters. The van der Waals surface area contributed by atoms with Gasteiger partial charge in [-0.15, -0.1) is 0 Å². The Kier molecular flexibility index (Phi) is 7.90. The first-order valence-corrected chi connectivity index (χ1v) is 5.26. The van der Waals surface area contributed by atoms with E-state index in [-0.39, 0.29) is 5.92 Å². The molecular formula is C12H20O2. The molecule has 0 aliphatic carbocycles. The second kappa shape index (κ2) is 8.54. The van der Waals surface area contributed by atoms with Gasteiger partial charge in [0.05, 0.1) is 5.92 Å². The molecule has 0 bridgehead atoms. The topological polar surface area (TPSA) is 37.3 Å². The van der Waals surface area contributed by atoms with Gasteiger partial charge in [-0.2, -0.15) is 0 Å². The van der Waals surface area contributed by atoms with Crippen LogP contribution < -0.4 is 0 Å². The second-order valence-electron chi connectivity index (χ2n) is 3.24. The highest BCUT2D eigenvalue weighted by molar-refractivity contribution is 5.72. The number of carboxylic acid groups (broad SMARTS) is 1. The third-order valence-corrected chi connectivity index (χ3v) is 1.97. The molecule has 0 aliphatic heterocycles. The Morgan fingerprint density at radius 1 is 1.21 bits per heavy atom. The molecule has 0 aromatic rings. The first-order chi connectivity index (χ1) is 6.72. The van der Waals surface area contributed by atoms with Crippen LogP contribution in [0.5, 0.6) is 0 Å². The van der Waals surface area contributed by atoms with Crippen LogP contribution in [0, 0.1) is 5.92 Å². The van der Waals surface area contributed by atoms with Gasteiger partial charge in [-0.3, -0.25) is 4.79 Å². The Hall–Kier alpha value is -1.05. The number of rotatable bonds is 7. The quantitative estimate of drug-likeness (QED) is 0.634. The van der Waals surface area contributed by atoms with Gasteiger partial charge in [0.15, 0.2) is 0 Å². The molecule has 0 aromatic heterocycles. The first-order valence-electron chi connectivity index (χ1n) is 5.26. The van der Waals surface area contributed by atoms with Crippen LogP contribution >= 0.6 is 0 Å². The number of hydrogen-bond acceptors (Lipinski definition) is 1. The van der Waals surface area contributed by atoms with Crippen molar-refractivity contribution in [2.75, 3.05) is 0 Å². The van der Waals surface area contributed by atoms with Gasteiger partial charge in [0, 0.05) is 0 Å². The highest BCUT2D eigenvalue weighted by atomic mass is 16.4. The van der Waals surface area contributed by atoms with E-state index in [2.05, 4.69) is 19.1 Å². The maximum Gasteiger partial charge on any atom is 0.310 e. The minimum absolute atomic E-state index is 0.323. The molecular weight excluding hydrogens is 176 g/mol. The maximum absolute atomic E-state index is 10.8. The fourth-order valence-corrected chi connectivity index (χ4v) is 1.16. The molecule has 2 heteroatoms. The summed E-state index contributed by atoms with van der Waals surface area (Å²) in [4.78, 5) is 10.8. The summed E-state index contributed by atoms with van der Waals surface area (Å²) in [6.07, 6.45) is 11.3. The van der Waals surface area contributed by atoms with E-state index in [1.165, 1.54) is 0 Å². The van der Waals surface area contributed by atoms with Crippen LogP contribution in [0.3, 0.4) is 0 Å².